The van der Waals surface area contributed by atoms with E-state index in [0.717, 1.165) is 39.0 Å². The number of nitrogens with zero attached hydrogens (tertiary/aromatic N) is 5. The Balaban J connectivity index is 1.59. The van der Waals surface area contributed by atoms with E-state index in [9.17, 15) is 0 Å². The molecule has 0 N–H and O–H groups in total. The van der Waals surface area contributed by atoms with Gasteiger partial charge in [-0.1, -0.05) is 12.1 Å². The molecule has 0 spiro atoms. The van der Waals surface area contributed by atoms with Gasteiger partial charge in [0.05, 0.1) is 22.1 Å². The van der Waals surface area contributed by atoms with Crippen molar-refractivity contribution in [3.63, 3.8) is 0 Å². The summed E-state index contributed by atoms with van der Waals surface area (Å²) >= 11 is 0. The van der Waals surface area contributed by atoms with Crippen LogP contribution in [-0.2, 0) is 0 Å². The van der Waals surface area contributed by atoms with Gasteiger partial charge in [0, 0.05) is 24.4 Å². The first kappa shape index (κ1) is 18.8. The highest BCUT2D eigenvalue weighted by molar-refractivity contribution is 5.82. The van der Waals surface area contributed by atoms with E-state index in [1.54, 1.807) is 6.21 Å². The second kappa shape index (κ2) is 7.88. The fourth-order valence-electron chi connectivity index (χ4n) is 3.71. The molecule has 0 saturated heterocycles. The minimum absolute atomic E-state index is 0.769. The van der Waals surface area contributed by atoms with Crippen molar-refractivity contribution in [2.45, 2.75) is 6.92 Å². The highest BCUT2D eigenvalue weighted by Crippen LogP contribution is 2.28. The average Bonchev–Trinajstić information content (AvgIpc) is 2.83. The van der Waals surface area contributed by atoms with E-state index in [1.165, 1.54) is 5.39 Å². The number of aliphatic imine (C=N–C) groups is 2. The first-order valence-corrected chi connectivity index (χ1v) is 10.1. The minimum atomic E-state index is 0.769. The van der Waals surface area contributed by atoms with Gasteiger partial charge in [-0.2, -0.15) is 4.57 Å². The Morgan fingerprint density at radius 3 is 2.48 bits per heavy atom. The molecular formula is C26H21N5+2. The minimum Gasteiger partial charge on any atom is -0.262 e. The monoisotopic (exact) mass is 403 g/mol. The normalized spacial score (nSPS) is 11.4. The van der Waals surface area contributed by atoms with Gasteiger partial charge in [-0.3, -0.25) is 9.98 Å². The molecule has 148 valence electrons. The van der Waals surface area contributed by atoms with Gasteiger partial charge < -0.3 is 0 Å². The number of pyridine rings is 1. The maximum Gasteiger partial charge on any atom is 0.291 e. The fraction of sp³-hybridized carbons (Fsp3) is 0.0385. The number of benzene rings is 3. The van der Waals surface area contributed by atoms with Crippen LogP contribution in [0.3, 0.4) is 0 Å². The van der Waals surface area contributed by atoms with Gasteiger partial charge in [-0.05, 0) is 60.4 Å². The fourth-order valence-corrected chi connectivity index (χ4v) is 3.71. The van der Waals surface area contributed by atoms with Gasteiger partial charge >= 0.3 is 0 Å². The zero-order valence-electron chi connectivity index (χ0n) is 17.2. The largest absolute Gasteiger partial charge is 0.291 e. The Morgan fingerprint density at radius 1 is 0.806 bits per heavy atom. The first-order valence-electron chi connectivity index (χ1n) is 10.1. The van der Waals surface area contributed by atoms with Crippen LogP contribution >= 0.6 is 0 Å². The molecule has 0 bridgehead atoms. The van der Waals surface area contributed by atoms with Crippen LogP contribution in [-0.4, -0.2) is 17.9 Å². The predicted octanol–water partition coefficient (Wildman–Crippen LogP) is 5.00. The van der Waals surface area contributed by atoms with E-state index in [0.29, 0.717) is 0 Å². The molecule has 0 atom stereocenters. The summed E-state index contributed by atoms with van der Waals surface area (Å²) in [6.45, 7) is 5.53. The van der Waals surface area contributed by atoms with Crippen LogP contribution in [0.25, 0.3) is 33.1 Å². The summed E-state index contributed by atoms with van der Waals surface area (Å²) in [5, 5.41) is 3.41. The Kier molecular flexibility index (Phi) is 4.77. The molecule has 0 aliphatic heterocycles. The third kappa shape index (κ3) is 3.57. The zero-order chi connectivity index (χ0) is 21.2. The van der Waals surface area contributed by atoms with Crippen molar-refractivity contribution < 1.29 is 9.13 Å². The standard InChI is InChI=1S/C26H21N5/c1-3-28-26-15-23(10-11-25(26)27-2)30-13-12-19-8-9-22(14-21(19)17-30)31-16-20-6-4-5-7-24(20)29-18-31/h3-18H,2H2,1H3/q+2. The maximum atomic E-state index is 4.58. The van der Waals surface area contributed by atoms with Crippen molar-refractivity contribution in [1.29, 1.82) is 0 Å². The number of aromatic nitrogens is 3. The second-order valence-corrected chi connectivity index (χ2v) is 7.22. The lowest BCUT2D eigenvalue weighted by Gasteiger charge is -2.04. The predicted molar refractivity (Wildman–Crippen MR) is 125 cm³/mol. The smallest absolute Gasteiger partial charge is 0.262 e. The van der Waals surface area contributed by atoms with E-state index in [1.807, 2.05) is 49.6 Å². The number of para-hydroxylation sites is 1. The third-order valence-electron chi connectivity index (χ3n) is 5.29. The molecule has 0 aliphatic rings. The van der Waals surface area contributed by atoms with Crippen LogP contribution in [0.2, 0.25) is 0 Å². The summed E-state index contributed by atoms with van der Waals surface area (Å²) in [4.78, 5) is 13.1. The molecule has 0 fully saturated rings. The Labute approximate surface area is 180 Å². The van der Waals surface area contributed by atoms with E-state index in [-0.39, 0.29) is 0 Å². The summed E-state index contributed by atoms with van der Waals surface area (Å²) in [6.07, 6.45) is 9.92. The highest BCUT2D eigenvalue weighted by atomic mass is 15.0. The van der Waals surface area contributed by atoms with Gasteiger partial charge in [0.1, 0.15) is 11.9 Å². The molecule has 0 aliphatic carbocycles. The molecule has 0 saturated carbocycles. The van der Waals surface area contributed by atoms with Crippen LogP contribution < -0.4 is 9.13 Å². The Hall–Kier alpha value is -4.25. The van der Waals surface area contributed by atoms with Gasteiger partial charge in [0.25, 0.3) is 6.33 Å². The van der Waals surface area contributed by atoms with E-state index in [4.69, 9.17) is 0 Å². The lowest BCUT2D eigenvalue weighted by Crippen LogP contribution is -2.31. The van der Waals surface area contributed by atoms with Gasteiger partial charge in [-0.15, -0.1) is 0 Å². The van der Waals surface area contributed by atoms with E-state index >= 15 is 0 Å². The van der Waals surface area contributed by atoms with Gasteiger partial charge in [0.15, 0.2) is 17.9 Å². The molecule has 2 heterocycles. The molecular weight excluding hydrogens is 382 g/mol. The SMILES string of the molecule is C=Nc1ccc(-[n+]2ccc3ccc(-[n+]4cnc5ccccc5c4)cc3c2)cc1N=CC. The lowest BCUT2D eigenvalue weighted by atomic mass is 10.1. The Morgan fingerprint density at radius 2 is 1.61 bits per heavy atom. The highest BCUT2D eigenvalue weighted by Gasteiger charge is 2.13. The molecule has 5 nitrogen and oxygen atoms in total. The average molecular weight is 403 g/mol. The zero-order valence-corrected chi connectivity index (χ0v) is 17.2. The van der Waals surface area contributed by atoms with Crippen LogP contribution in [0.5, 0.6) is 0 Å². The van der Waals surface area contributed by atoms with E-state index < -0.39 is 0 Å². The van der Waals surface area contributed by atoms with Gasteiger partial charge in [0.2, 0.25) is 5.69 Å². The maximum absolute atomic E-state index is 4.58. The van der Waals surface area contributed by atoms with Crippen LogP contribution in [0, 0.1) is 0 Å². The van der Waals surface area contributed by atoms with E-state index in [2.05, 4.69) is 79.7 Å². The molecule has 0 unspecified atom stereocenters. The molecule has 5 rings (SSSR count). The third-order valence-corrected chi connectivity index (χ3v) is 5.29. The second-order valence-electron chi connectivity index (χ2n) is 7.22. The number of hydrogen-bond donors (Lipinski definition) is 0. The summed E-state index contributed by atoms with van der Waals surface area (Å²) in [5.41, 5.74) is 4.63. The molecule has 0 amide bonds. The quantitative estimate of drug-likeness (QED) is 0.308. The first-order chi connectivity index (χ1) is 15.2. The van der Waals surface area contributed by atoms with Crippen molar-refractivity contribution >= 4 is 46.0 Å². The van der Waals surface area contributed by atoms with Crippen molar-refractivity contribution in [1.82, 2.24) is 4.98 Å². The van der Waals surface area contributed by atoms with Crippen molar-refractivity contribution in [3.8, 4) is 11.4 Å². The van der Waals surface area contributed by atoms with Crippen molar-refractivity contribution in [2.75, 3.05) is 0 Å². The molecule has 0 radical (unpaired) electrons. The molecule has 5 aromatic rings. The summed E-state index contributed by atoms with van der Waals surface area (Å²) in [5.74, 6) is 0. The Bertz CT molecular complexity index is 1470. The summed E-state index contributed by atoms with van der Waals surface area (Å²) in [6, 6.07) is 22.6. The van der Waals surface area contributed by atoms with Crippen molar-refractivity contribution in [2.24, 2.45) is 9.98 Å². The number of hydrogen-bond acceptors (Lipinski definition) is 3. The summed E-state index contributed by atoms with van der Waals surface area (Å²) < 4.78 is 4.15. The molecule has 2 aromatic heterocycles. The van der Waals surface area contributed by atoms with Crippen LogP contribution in [0.1, 0.15) is 6.92 Å². The molecule has 3 aromatic carbocycles. The number of rotatable bonds is 4. The number of fused-ring (bicyclic) bond motifs is 2. The van der Waals surface area contributed by atoms with Crippen molar-refractivity contribution in [3.05, 3.63) is 91.6 Å². The topological polar surface area (TPSA) is 45.4 Å². The summed E-state index contributed by atoms with van der Waals surface area (Å²) in [7, 11) is 0. The molecule has 31 heavy (non-hydrogen) atoms. The van der Waals surface area contributed by atoms with Gasteiger partial charge in [-0.25, -0.2) is 4.57 Å². The van der Waals surface area contributed by atoms with Crippen LogP contribution in [0.4, 0.5) is 11.4 Å². The molecule has 5 heteroatoms. The lowest BCUT2D eigenvalue weighted by molar-refractivity contribution is -0.598. The van der Waals surface area contributed by atoms with Crippen LogP contribution in [0.15, 0.2) is 102 Å².